The third-order valence-corrected chi connectivity index (χ3v) is 6.64. The highest BCUT2D eigenvalue weighted by molar-refractivity contribution is 5.80. The van der Waals surface area contributed by atoms with Gasteiger partial charge in [0, 0.05) is 18.3 Å². The number of carbonyl (C=O) groups excluding carboxylic acids is 4. The van der Waals surface area contributed by atoms with Crippen LogP contribution < -0.4 is 0 Å². The van der Waals surface area contributed by atoms with Crippen molar-refractivity contribution in [1.82, 2.24) is 0 Å². The number of nitrogens with zero attached hydrogens (tertiary/aromatic N) is 2. The second-order valence-corrected chi connectivity index (χ2v) is 15.4. The maximum Gasteiger partial charge on any atom is 0.311 e. The van der Waals surface area contributed by atoms with Crippen LogP contribution in [0.1, 0.15) is 88.6 Å². The Morgan fingerprint density at radius 1 is 0.717 bits per heavy atom. The molecule has 1 heterocycles. The topological polar surface area (TPSA) is 170 Å². The predicted molar refractivity (Wildman–Crippen MR) is 168 cm³/mol. The van der Waals surface area contributed by atoms with E-state index in [4.69, 9.17) is 23.7 Å². The molecule has 13 heteroatoms. The lowest BCUT2D eigenvalue weighted by Crippen LogP contribution is -2.63. The van der Waals surface area contributed by atoms with Crippen LogP contribution >= 0.6 is 0 Å². The quantitative estimate of drug-likeness (QED) is 0.119. The Kier molecular flexibility index (Phi) is 11.9. The lowest BCUT2D eigenvalue weighted by Gasteiger charge is -2.45. The van der Waals surface area contributed by atoms with Gasteiger partial charge in [-0.2, -0.15) is 0 Å². The minimum atomic E-state index is -1.43. The van der Waals surface area contributed by atoms with Crippen molar-refractivity contribution in [3.05, 3.63) is 39.9 Å². The number of benzene rings is 1. The largest absolute Gasteiger partial charge is 0.462 e. The maximum absolute atomic E-state index is 13.3. The molecule has 0 spiro atoms. The van der Waals surface area contributed by atoms with Crippen LogP contribution in [0.3, 0.4) is 0 Å². The molecule has 0 amide bonds. The Balaban J connectivity index is 2.73. The molecular formula is C33H48N2O11. The molecule has 1 aliphatic heterocycles. The standard InChI is InChI=1S/C33H48N2O11/c1-30(2,3)26(36)42-18-21-22(44-27(37)31(4,5)6)23(45-28(38)32(7,8)9)24(46-29(39)33(10,11)12)25(43-21)34-17-19-13-15-20(16-14-19)35(40)41/h13-17,21-25H,18H2,1-12H3/t21?,22-,23-,24?,25-/m1/s1. The number of hydrogen-bond acceptors (Lipinski definition) is 12. The van der Waals surface area contributed by atoms with Gasteiger partial charge >= 0.3 is 23.9 Å². The molecule has 0 bridgehead atoms. The number of esters is 4. The highest BCUT2D eigenvalue weighted by atomic mass is 16.7. The Morgan fingerprint density at radius 3 is 1.54 bits per heavy atom. The SMILES string of the molecule is CC(C)(C)C(=O)OCC1O[C@@H](N=Cc2ccc([N+](=O)[O-])cc2)C(OC(=O)C(C)(C)C)[C@H](OC(=O)C(C)(C)C)[C@@H]1OC(=O)C(C)(C)C. The predicted octanol–water partition coefficient (Wildman–Crippen LogP) is 5.20. The molecule has 1 aliphatic rings. The van der Waals surface area contributed by atoms with E-state index in [1.807, 2.05) is 0 Å². The van der Waals surface area contributed by atoms with Gasteiger partial charge in [0.1, 0.15) is 12.7 Å². The average Bonchev–Trinajstić information content (AvgIpc) is 2.90. The van der Waals surface area contributed by atoms with Gasteiger partial charge in [-0.3, -0.25) is 34.3 Å². The number of rotatable bonds is 8. The van der Waals surface area contributed by atoms with Crippen molar-refractivity contribution >= 4 is 35.8 Å². The Bertz CT molecular complexity index is 1310. The number of hydrogen-bond donors (Lipinski definition) is 0. The molecule has 0 aromatic heterocycles. The summed E-state index contributed by atoms with van der Waals surface area (Å²) in [6, 6.07) is 5.53. The molecule has 0 saturated carbocycles. The van der Waals surface area contributed by atoms with E-state index in [1.54, 1.807) is 83.1 Å². The molecule has 1 saturated heterocycles. The van der Waals surface area contributed by atoms with Crippen molar-refractivity contribution in [2.45, 2.75) is 114 Å². The summed E-state index contributed by atoms with van der Waals surface area (Å²) < 4.78 is 29.6. The molecule has 1 aromatic carbocycles. The van der Waals surface area contributed by atoms with Gasteiger partial charge in [0.15, 0.2) is 24.5 Å². The van der Waals surface area contributed by atoms with Crippen molar-refractivity contribution in [2.75, 3.05) is 6.61 Å². The summed E-state index contributed by atoms with van der Waals surface area (Å²) in [5.41, 5.74) is -3.55. The highest BCUT2D eigenvalue weighted by Gasteiger charge is 2.54. The molecule has 2 unspecified atom stereocenters. The van der Waals surface area contributed by atoms with Crippen molar-refractivity contribution in [3.8, 4) is 0 Å². The number of carbonyl (C=O) groups is 4. The van der Waals surface area contributed by atoms with Crippen LogP contribution in [0, 0.1) is 31.8 Å². The maximum atomic E-state index is 13.3. The zero-order chi connectivity index (χ0) is 35.4. The first-order valence-corrected chi connectivity index (χ1v) is 15.1. The minimum Gasteiger partial charge on any atom is -0.462 e. The van der Waals surface area contributed by atoms with Crippen molar-refractivity contribution in [3.63, 3.8) is 0 Å². The third kappa shape index (κ3) is 10.6. The van der Waals surface area contributed by atoms with Crippen LogP contribution in [0.5, 0.6) is 0 Å². The summed E-state index contributed by atoms with van der Waals surface area (Å²) in [6.07, 6.45) is -5.43. The zero-order valence-electron chi connectivity index (χ0n) is 28.9. The van der Waals surface area contributed by atoms with Gasteiger partial charge in [-0.15, -0.1) is 0 Å². The van der Waals surface area contributed by atoms with Gasteiger partial charge in [-0.1, -0.05) is 0 Å². The molecule has 0 radical (unpaired) electrons. The fraction of sp³-hybridized carbons (Fsp3) is 0.667. The summed E-state index contributed by atoms with van der Waals surface area (Å²) in [6.45, 7) is 19.3. The van der Waals surface area contributed by atoms with Crippen LogP contribution in [-0.4, -0.2) is 72.3 Å². The van der Waals surface area contributed by atoms with E-state index in [1.165, 1.54) is 30.5 Å². The number of aliphatic imine (C=N–C) groups is 1. The molecule has 2 rings (SSSR count). The van der Waals surface area contributed by atoms with E-state index >= 15 is 0 Å². The van der Waals surface area contributed by atoms with Crippen molar-refractivity contribution in [2.24, 2.45) is 26.7 Å². The first-order chi connectivity index (χ1) is 20.8. The first-order valence-electron chi connectivity index (χ1n) is 15.1. The van der Waals surface area contributed by atoms with Gasteiger partial charge in [0.25, 0.3) is 5.69 Å². The summed E-state index contributed by atoms with van der Waals surface area (Å²) in [5, 5.41) is 11.1. The first kappa shape index (κ1) is 38.3. The van der Waals surface area contributed by atoms with Crippen LogP contribution in [0.4, 0.5) is 5.69 Å². The molecule has 1 fully saturated rings. The van der Waals surface area contributed by atoms with E-state index in [2.05, 4.69) is 4.99 Å². The summed E-state index contributed by atoms with van der Waals surface area (Å²) in [7, 11) is 0. The van der Waals surface area contributed by atoms with Gasteiger partial charge < -0.3 is 23.7 Å². The summed E-state index contributed by atoms with van der Waals surface area (Å²) in [4.78, 5) is 67.7. The molecule has 1 aromatic rings. The lowest BCUT2D eigenvalue weighted by atomic mass is 9.92. The van der Waals surface area contributed by atoms with E-state index in [9.17, 15) is 29.3 Å². The molecule has 256 valence electrons. The summed E-state index contributed by atoms with van der Waals surface area (Å²) >= 11 is 0. The third-order valence-electron chi connectivity index (χ3n) is 6.64. The number of nitro groups is 1. The molecule has 0 aliphatic carbocycles. The second kappa shape index (κ2) is 14.3. The monoisotopic (exact) mass is 648 g/mol. The zero-order valence-corrected chi connectivity index (χ0v) is 28.9. The summed E-state index contributed by atoms with van der Waals surface area (Å²) in [5.74, 6) is -2.59. The van der Waals surface area contributed by atoms with Gasteiger partial charge in [-0.05, 0) is 101 Å². The molecule has 0 N–H and O–H groups in total. The number of ether oxygens (including phenoxy) is 5. The molecule has 46 heavy (non-hydrogen) atoms. The Morgan fingerprint density at radius 2 is 1.13 bits per heavy atom. The normalized spacial score (nSPS) is 22.6. The van der Waals surface area contributed by atoms with Gasteiger partial charge in [0.2, 0.25) is 0 Å². The van der Waals surface area contributed by atoms with Crippen molar-refractivity contribution in [1.29, 1.82) is 0 Å². The smallest absolute Gasteiger partial charge is 0.311 e. The second-order valence-electron chi connectivity index (χ2n) is 15.4. The minimum absolute atomic E-state index is 0.124. The highest BCUT2D eigenvalue weighted by Crippen LogP contribution is 2.34. The van der Waals surface area contributed by atoms with Crippen molar-refractivity contribution < 1.29 is 47.8 Å². The number of nitro benzene ring substituents is 1. The van der Waals surface area contributed by atoms with Crippen LogP contribution in [0.15, 0.2) is 29.3 Å². The molecule has 13 nitrogen and oxygen atoms in total. The Labute approximate surface area is 270 Å². The average molecular weight is 649 g/mol. The van der Waals surface area contributed by atoms with Crippen LogP contribution in [-0.2, 0) is 42.9 Å². The Hall–Kier alpha value is -3.87. The molecular weight excluding hydrogens is 600 g/mol. The lowest BCUT2D eigenvalue weighted by molar-refractivity contribution is -0.384. The van der Waals surface area contributed by atoms with E-state index in [0.29, 0.717) is 5.56 Å². The van der Waals surface area contributed by atoms with E-state index in [0.717, 1.165) is 0 Å². The van der Waals surface area contributed by atoms with E-state index in [-0.39, 0.29) is 5.69 Å². The fourth-order valence-corrected chi connectivity index (χ4v) is 3.67. The van der Waals surface area contributed by atoms with Crippen LogP contribution in [0.2, 0.25) is 0 Å². The van der Waals surface area contributed by atoms with Gasteiger partial charge in [-0.25, -0.2) is 0 Å². The number of non-ortho nitro benzene ring substituents is 1. The van der Waals surface area contributed by atoms with Gasteiger partial charge in [0.05, 0.1) is 26.6 Å². The molecule has 5 atom stereocenters. The fourth-order valence-electron chi connectivity index (χ4n) is 3.67. The van der Waals surface area contributed by atoms with E-state index < -0.39 is 87.7 Å². The van der Waals surface area contributed by atoms with Crippen LogP contribution in [0.25, 0.3) is 0 Å².